The first-order valence-corrected chi connectivity index (χ1v) is 10.5. The van der Waals surface area contributed by atoms with Crippen LogP contribution >= 0.6 is 11.6 Å². The molecule has 2 heterocycles. The second-order valence-electron chi connectivity index (χ2n) is 8.04. The molecule has 2 aliphatic heterocycles. The second-order valence-corrected chi connectivity index (χ2v) is 8.44. The molecule has 0 aromatic heterocycles. The molecule has 6 heteroatoms. The molecule has 3 N–H and O–H groups in total. The van der Waals surface area contributed by atoms with Crippen LogP contribution in [0.3, 0.4) is 0 Å². The zero-order valence-electron chi connectivity index (χ0n) is 16.6. The van der Waals surface area contributed by atoms with Crippen molar-refractivity contribution in [2.24, 2.45) is 5.92 Å². The van der Waals surface area contributed by atoms with Gasteiger partial charge in [-0.3, -0.25) is 0 Å². The standard InChI is InChI=1S/C23H27ClO5/c1-3-14-4-6-15(7-5-14)8-16-9-18-17(10-19(16)24)12-28-23(18)22(27)13(2)21(26)20(11-25)29-23/h4-7,9-10,13,20-22,25-27H,3,8,11-12H2,1-2H3/t13-,20+,21-,22+,23-/m0/s1. The van der Waals surface area contributed by atoms with Crippen molar-refractivity contribution < 1.29 is 24.8 Å². The number of halogens is 1. The number of fused-ring (bicyclic) bond motifs is 2. The lowest BCUT2D eigenvalue weighted by molar-refractivity contribution is -0.359. The van der Waals surface area contributed by atoms with E-state index in [0.29, 0.717) is 17.0 Å². The summed E-state index contributed by atoms with van der Waals surface area (Å²) in [5.41, 5.74) is 4.89. The Balaban J connectivity index is 1.71. The number of ether oxygens (including phenoxy) is 2. The Morgan fingerprint density at radius 2 is 1.83 bits per heavy atom. The van der Waals surface area contributed by atoms with Crippen molar-refractivity contribution in [2.75, 3.05) is 6.61 Å². The van der Waals surface area contributed by atoms with Crippen molar-refractivity contribution in [3.05, 3.63) is 69.2 Å². The first kappa shape index (κ1) is 20.8. The number of aryl methyl sites for hydroxylation is 1. The van der Waals surface area contributed by atoms with Gasteiger partial charge in [0.25, 0.3) is 0 Å². The van der Waals surface area contributed by atoms with Crippen molar-refractivity contribution in [2.45, 2.75) is 57.4 Å². The molecule has 156 valence electrons. The van der Waals surface area contributed by atoms with E-state index in [0.717, 1.165) is 23.1 Å². The van der Waals surface area contributed by atoms with Gasteiger partial charge in [0.1, 0.15) is 12.2 Å². The van der Waals surface area contributed by atoms with Gasteiger partial charge in [0, 0.05) is 16.5 Å². The molecule has 0 saturated carbocycles. The van der Waals surface area contributed by atoms with Gasteiger partial charge in [-0.15, -0.1) is 0 Å². The molecular weight excluding hydrogens is 392 g/mol. The third kappa shape index (κ3) is 3.50. The average molecular weight is 419 g/mol. The van der Waals surface area contributed by atoms with Gasteiger partial charge >= 0.3 is 0 Å². The fourth-order valence-electron chi connectivity index (χ4n) is 4.34. The molecule has 0 unspecified atom stereocenters. The highest BCUT2D eigenvalue weighted by atomic mass is 35.5. The minimum Gasteiger partial charge on any atom is -0.394 e. The van der Waals surface area contributed by atoms with E-state index in [1.54, 1.807) is 6.92 Å². The summed E-state index contributed by atoms with van der Waals surface area (Å²) in [6.45, 7) is 3.75. The highest BCUT2D eigenvalue weighted by molar-refractivity contribution is 6.31. The quantitative estimate of drug-likeness (QED) is 0.711. The van der Waals surface area contributed by atoms with Gasteiger partial charge in [0.15, 0.2) is 0 Å². The van der Waals surface area contributed by atoms with Crippen LogP contribution in [-0.2, 0) is 34.7 Å². The maximum Gasteiger partial charge on any atom is 0.223 e. The van der Waals surface area contributed by atoms with Gasteiger partial charge in [-0.1, -0.05) is 49.7 Å². The Kier molecular flexibility index (Phi) is 5.73. The van der Waals surface area contributed by atoms with Gasteiger partial charge in [-0.25, -0.2) is 0 Å². The van der Waals surface area contributed by atoms with Crippen LogP contribution in [0.4, 0.5) is 0 Å². The number of benzene rings is 2. The summed E-state index contributed by atoms with van der Waals surface area (Å²) in [6, 6.07) is 12.2. The lowest BCUT2D eigenvalue weighted by Crippen LogP contribution is -2.60. The van der Waals surface area contributed by atoms with Crippen LogP contribution in [0.5, 0.6) is 0 Å². The molecule has 2 aliphatic rings. The van der Waals surface area contributed by atoms with Crippen molar-refractivity contribution in [1.29, 1.82) is 0 Å². The highest BCUT2D eigenvalue weighted by Crippen LogP contribution is 2.48. The van der Waals surface area contributed by atoms with Crippen molar-refractivity contribution in [1.82, 2.24) is 0 Å². The van der Waals surface area contributed by atoms with E-state index < -0.39 is 30.0 Å². The van der Waals surface area contributed by atoms with E-state index in [-0.39, 0.29) is 13.2 Å². The Morgan fingerprint density at radius 1 is 1.14 bits per heavy atom. The van der Waals surface area contributed by atoms with Gasteiger partial charge in [0.05, 0.1) is 19.3 Å². The summed E-state index contributed by atoms with van der Waals surface area (Å²) < 4.78 is 11.9. The molecule has 0 radical (unpaired) electrons. The molecule has 5 atom stereocenters. The minimum absolute atomic E-state index is 0.249. The van der Waals surface area contributed by atoms with Crippen molar-refractivity contribution in [3.8, 4) is 0 Å². The topological polar surface area (TPSA) is 79.2 Å². The predicted octanol–water partition coefficient (Wildman–Crippen LogP) is 2.93. The molecule has 1 spiro atoms. The normalized spacial score (nSPS) is 31.2. The van der Waals surface area contributed by atoms with Crippen LogP contribution in [0.1, 0.15) is 41.7 Å². The first-order valence-electron chi connectivity index (χ1n) is 10.1. The van der Waals surface area contributed by atoms with E-state index >= 15 is 0 Å². The fourth-order valence-corrected chi connectivity index (χ4v) is 4.59. The van der Waals surface area contributed by atoms with Crippen LogP contribution < -0.4 is 0 Å². The molecule has 2 aromatic rings. The summed E-state index contributed by atoms with van der Waals surface area (Å²) in [5, 5.41) is 31.5. The maximum absolute atomic E-state index is 10.9. The van der Waals surface area contributed by atoms with Gasteiger partial charge < -0.3 is 24.8 Å². The monoisotopic (exact) mass is 418 g/mol. The lowest BCUT2D eigenvalue weighted by Gasteiger charge is -2.47. The molecule has 2 aromatic carbocycles. The second kappa shape index (κ2) is 7.99. The Morgan fingerprint density at radius 3 is 2.48 bits per heavy atom. The maximum atomic E-state index is 10.9. The smallest absolute Gasteiger partial charge is 0.223 e. The summed E-state index contributed by atoms with van der Waals surface area (Å²) in [5.74, 6) is -1.93. The molecule has 1 fully saturated rings. The summed E-state index contributed by atoms with van der Waals surface area (Å²) in [4.78, 5) is 0. The molecular formula is C23H27ClO5. The Hall–Kier alpha value is -1.47. The molecule has 4 rings (SSSR count). The predicted molar refractivity (Wildman–Crippen MR) is 110 cm³/mol. The number of hydrogen-bond donors (Lipinski definition) is 3. The van der Waals surface area contributed by atoms with Crippen LogP contribution in [0, 0.1) is 5.92 Å². The van der Waals surface area contributed by atoms with E-state index in [4.69, 9.17) is 21.1 Å². The van der Waals surface area contributed by atoms with E-state index in [1.165, 1.54) is 5.56 Å². The fraction of sp³-hybridized carbons (Fsp3) is 0.478. The van der Waals surface area contributed by atoms with E-state index in [2.05, 4.69) is 31.2 Å². The van der Waals surface area contributed by atoms with Crippen LogP contribution in [-0.4, -0.2) is 40.2 Å². The zero-order chi connectivity index (χ0) is 20.8. The largest absolute Gasteiger partial charge is 0.394 e. The molecule has 1 saturated heterocycles. The number of aliphatic hydroxyl groups excluding tert-OH is 3. The highest BCUT2D eigenvalue weighted by Gasteiger charge is 2.57. The molecule has 0 bridgehead atoms. The minimum atomic E-state index is -1.41. The van der Waals surface area contributed by atoms with Crippen molar-refractivity contribution >= 4 is 11.6 Å². The van der Waals surface area contributed by atoms with Gasteiger partial charge in [-0.2, -0.15) is 0 Å². The van der Waals surface area contributed by atoms with E-state index in [1.807, 2.05) is 12.1 Å². The lowest BCUT2D eigenvalue weighted by atomic mass is 9.82. The number of hydrogen-bond acceptors (Lipinski definition) is 5. The first-order chi connectivity index (χ1) is 13.9. The third-order valence-corrected chi connectivity index (χ3v) is 6.58. The Bertz CT molecular complexity index is 882. The van der Waals surface area contributed by atoms with Gasteiger partial charge in [0.2, 0.25) is 5.79 Å². The molecule has 0 aliphatic carbocycles. The number of rotatable bonds is 4. The Labute approximate surface area is 175 Å². The van der Waals surface area contributed by atoms with Crippen LogP contribution in [0.2, 0.25) is 5.02 Å². The summed E-state index contributed by atoms with van der Waals surface area (Å²) >= 11 is 6.55. The SMILES string of the molecule is CCc1ccc(Cc2cc3c(cc2Cl)CO[C@]32O[C@H](CO)[C@@H](O)[C@H](C)[C@H]2O)cc1. The van der Waals surface area contributed by atoms with Crippen molar-refractivity contribution in [3.63, 3.8) is 0 Å². The molecule has 29 heavy (non-hydrogen) atoms. The van der Waals surface area contributed by atoms with E-state index in [9.17, 15) is 15.3 Å². The van der Waals surface area contributed by atoms with Gasteiger partial charge in [-0.05, 0) is 47.2 Å². The summed E-state index contributed by atoms with van der Waals surface area (Å²) in [7, 11) is 0. The molecule has 5 nitrogen and oxygen atoms in total. The third-order valence-electron chi connectivity index (χ3n) is 6.23. The number of aliphatic hydroxyl groups is 3. The zero-order valence-corrected chi connectivity index (χ0v) is 17.4. The van der Waals surface area contributed by atoms with Crippen LogP contribution in [0.25, 0.3) is 0 Å². The van der Waals surface area contributed by atoms with Crippen LogP contribution in [0.15, 0.2) is 36.4 Å². The summed E-state index contributed by atoms with van der Waals surface area (Å²) in [6.07, 6.45) is -1.24. The molecule has 0 amide bonds. The average Bonchev–Trinajstić information content (AvgIpc) is 3.08.